The molecule has 2 aliphatic heterocycles. The van der Waals surface area contributed by atoms with Gasteiger partial charge in [-0.05, 0) is 36.8 Å². The summed E-state index contributed by atoms with van der Waals surface area (Å²) in [6.45, 7) is 9.75. The van der Waals surface area contributed by atoms with Gasteiger partial charge in [-0.3, -0.25) is 0 Å². The van der Waals surface area contributed by atoms with Gasteiger partial charge in [0.05, 0.1) is 38.0 Å². The highest BCUT2D eigenvalue weighted by Crippen LogP contribution is 2.42. The lowest BCUT2D eigenvalue weighted by Crippen LogP contribution is -2.37. The summed E-state index contributed by atoms with van der Waals surface area (Å²) in [5, 5.41) is 0. The van der Waals surface area contributed by atoms with Crippen molar-refractivity contribution in [3.8, 4) is 34.3 Å². The third-order valence-electron chi connectivity index (χ3n) is 11.5. The van der Waals surface area contributed by atoms with Gasteiger partial charge in [-0.2, -0.15) is 0 Å². The van der Waals surface area contributed by atoms with E-state index in [-0.39, 0.29) is 0 Å². The van der Waals surface area contributed by atoms with Crippen LogP contribution in [0.25, 0.3) is 22.8 Å². The second kappa shape index (κ2) is 25.1. The molecule has 2 saturated heterocycles. The molecule has 13 nitrogen and oxygen atoms in total. The fourth-order valence-electron chi connectivity index (χ4n) is 8.06. The van der Waals surface area contributed by atoms with E-state index in [1.807, 2.05) is 62.4 Å². The quantitative estimate of drug-likeness (QED) is 0.0394. The van der Waals surface area contributed by atoms with Gasteiger partial charge in [-0.15, -0.1) is 0 Å². The standard InChI is InChI=1S/C50H66N4O9/c1-5-9-11-13-15-17-29-57-39-31-51-47(52-32-39)37-25-21-35(22-26-37)43(45-41(19-7-3)59-49(55)62-45)61-44(46-42(20-8-4)60-50(56)63-46)36-23-27-38(28-24-36)48-53-33-40(34-54-48)58-30-18-16-14-12-10-6-2/h21-28,31-34,41-46H,5-20,29-30H2,1-4H3/t41-,42?,43?,44?,45+,46?/m1/s1. The minimum atomic E-state index is -0.820. The number of unbranched alkanes of at least 4 members (excludes halogenated alkanes) is 10. The Kier molecular flexibility index (Phi) is 18.8. The van der Waals surface area contributed by atoms with Crippen LogP contribution in [0.3, 0.4) is 0 Å². The lowest BCUT2D eigenvalue weighted by Gasteiger charge is -2.33. The van der Waals surface area contributed by atoms with Crippen molar-refractivity contribution in [1.29, 1.82) is 0 Å². The van der Waals surface area contributed by atoms with E-state index < -0.39 is 48.9 Å². The topological polar surface area (TPSA) is 150 Å². The molecule has 0 bridgehead atoms. The first-order valence-corrected chi connectivity index (χ1v) is 23.4. The second-order valence-corrected chi connectivity index (χ2v) is 16.5. The van der Waals surface area contributed by atoms with Crippen LogP contribution >= 0.6 is 0 Å². The molecular weight excluding hydrogens is 801 g/mol. The summed E-state index contributed by atoms with van der Waals surface area (Å²) in [4.78, 5) is 43.8. The highest BCUT2D eigenvalue weighted by atomic mass is 16.8. The highest BCUT2D eigenvalue weighted by Gasteiger charge is 2.48. The number of hydrogen-bond acceptors (Lipinski definition) is 13. The summed E-state index contributed by atoms with van der Waals surface area (Å²) in [6.07, 6.45) is 17.9. The summed E-state index contributed by atoms with van der Waals surface area (Å²) < 4.78 is 42.0. The average Bonchev–Trinajstić information content (AvgIpc) is 3.87. The molecule has 2 aromatic heterocycles. The summed E-state index contributed by atoms with van der Waals surface area (Å²) in [7, 11) is 0. The Bertz CT molecular complexity index is 1810. The molecule has 13 heteroatoms. The lowest BCUT2D eigenvalue weighted by molar-refractivity contribution is -0.123. The maximum Gasteiger partial charge on any atom is 0.509 e. The minimum absolute atomic E-state index is 0.542. The molecule has 0 amide bonds. The van der Waals surface area contributed by atoms with Gasteiger partial charge in [0.1, 0.15) is 24.4 Å². The fraction of sp³-hybridized carbons (Fsp3) is 0.560. The average molecular weight is 867 g/mol. The molecule has 0 spiro atoms. The van der Waals surface area contributed by atoms with Crippen molar-refractivity contribution in [2.45, 2.75) is 167 Å². The van der Waals surface area contributed by atoms with Gasteiger partial charge in [0.15, 0.2) is 35.4 Å². The highest BCUT2D eigenvalue weighted by molar-refractivity contribution is 5.64. The molecule has 0 aliphatic carbocycles. The van der Waals surface area contributed by atoms with E-state index in [9.17, 15) is 9.59 Å². The van der Waals surface area contributed by atoms with E-state index >= 15 is 0 Å². The number of hydrogen-bond donors (Lipinski definition) is 0. The summed E-state index contributed by atoms with van der Waals surface area (Å²) in [5.41, 5.74) is 3.04. The van der Waals surface area contributed by atoms with Gasteiger partial charge in [0, 0.05) is 11.1 Å². The van der Waals surface area contributed by atoms with E-state index in [1.165, 1.54) is 51.4 Å². The van der Waals surface area contributed by atoms with Crippen LogP contribution in [0.5, 0.6) is 11.5 Å². The maximum atomic E-state index is 12.7. The van der Waals surface area contributed by atoms with Crippen molar-refractivity contribution in [2.75, 3.05) is 13.2 Å². The maximum absolute atomic E-state index is 12.7. The number of carbonyl (C=O) groups is 2. The van der Waals surface area contributed by atoms with E-state index in [2.05, 4.69) is 33.8 Å². The van der Waals surface area contributed by atoms with E-state index in [0.717, 1.165) is 60.8 Å². The third-order valence-corrected chi connectivity index (χ3v) is 11.5. The van der Waals surface area contributed by atoms with Crippen LogP contribution in [0, 0.1) is 0 Å². The Balaban J connectivity index is 1.21. The number of benzene rings is 2. The monoisotopic (exact) mass is 866 g/mol. The first kappa shape index (κ1) is 47.2. The molecule has 4 heterocycles. The summed E-state index contributed by atoms with van der Waals surface area (Å²) in [5.74, 6) is 2.35. The number of aromatic nitrogens is 4. The molecule has 4 unspecified atom stereocenters. The van der Waals surface area contributed by atoms with Gasteiger partial charge in [-0.1, -0.05) is 153 Å². The molecule has 0 radical (unpaired) electrons. The largest absolute Gasteiger partial charge is 0.509 e. The van der Waals surface area contributed by atoms with Crippen LogP contribution in [0.1, 0.15) is 154 Å². The van der Waals surface area contributed by atoms with Crippen molar-refractivity contribution in [2.24, 2.45) is 0 Å². The predicted octanol–water partition coefficient (Wildman–Crippen LogP) is 12.3. The molecular formula is C50H66N4O9. The predicted molar refractivity (Wildman–Crippen MR) is 239 cm³/mol. The first-order valence-electron chi connectivity index (χ1n) is 23.4. The van der Waals surface area contributed by atoms with Gasteiger partial charge in [0.25, 0.3) is 0 Å². The van der Waals surface area contributed by atoms with Crippen molar-refractivity contribution < 1.29 is 42.7 Å². The number of carbonyl (C=O) groups excluding carboxylic acids is 2. The smallest absolute Gasteiger partial charge is 0.490 e. The van der Waals surface area contributed by atoms with Crippen LogP contribution in [-0.2, 0) is 23.7 Å². The van der Waals surface area contributed by atoms with Crippen molar-refractivity contribution in [1.82, 2.24) is 19.9 Å². The number of rotatable bonds is 28. The van der Waals surface area contributed by atoms with E-state index in [4.69, 9.17) is 33.2 Å². The molecule has 6 rings (SSSR count). The van der Waals surface area contributed by atoms with Crippen LogP contribution in [0.4, 0.5) is 9.59 Å². The van der Waals surface area contributed by atoms with Gasteiger partial charge in [-0.25, -0.2) is 29.5 Å². The van der Waals surface area contributed by atoms with Crippen LogP contribution in [-0.4, -0.2) is 69.9 Å². The minimum Gasteiger partial charge on any atom is -0.490 e. The molecule has 2 aliphatic rings. The normalized spacial score (nSPS) is 19.2. The number of cyclic esters (lactones) is 4. The molecule has 2 aromatic carbocycles. The molecule has 340 valence electrons. The van der Waals surface area contributed by atoms with Crippen LogP contribution in [0.2, 0.25) is 0 Å². The SMILES string of the molecule is CCCCCCCCOc1cnc(-c2ccc(C(OC(c3ccc(-c4ncc(OCCCCCCCC)cn4)cc3)[C@H]3OC(=O)O[C@@H]3CCC)C3OC(=O)OC3CCC)cc2)nc1. The van der Waals surface area contributed by atoms with Gasteiger partial charge >= 0.3 is 12.3 Å². The third kappa shape index (κ3) is 13.8. The zero-order chi connectivity index (χ0) is 44.2. The van der Waals surface area contributed by atoms with Gasteiger partial charge in [0.2, 0.25) is 0 Å². The summed E-state index contributed by atoms with van der Waals surface area (Å²) in [6, 6.07) is 15.3. The van der Waals surface area contributed by atoms with Crippen molar-refractivity contribution >= 4 is 12.3 Å². The van der Waals surface area contributed by atoms with Gasteiger partial charge < -0.3 is 33.2 Å². The first-order chi connectivity index (χ1) is 30.9. The lowest BCUT2D eigenvalue weighted by atomic mass is 9.93. The second-order valence-electron chi connectivity index (χ2n) is 16.5. The van der Waals surface area contributed by atoms with Crippen molar-refractivity contribution in [3.05, 3.63) is 84.4 Å². The Morgan fingerprint density at radius 2 is 0.841 bits per heavy atom. The Morgan fingerprint density at radius 1 is 0.476 bits per heavy atom. The number of nitrogens with zero attached hydrogens (tertiary/aromatic N) is 4. The number of ether oxygens (including phenoxy) is 7. The van der Waals surface area contributed by atoms with E-state index in [0.29, 0.717) is 49.2 Å². The van der Waals surface area contributed by atoms with Crippen molar-refractivity contribution in [3.63, 3.8) is 0 Å². The summed E-state index contributed by atoms with van der Waals surface area (Å²) >= 11 is 0. The molecule has 63 heavy (non-hydrogen) atoms. The zero-order valence-corrected chi connectivity index (χ0v) is 37.6. The molecule has 0 N–H and O–H groups in total. The van der Waals surface area contributed by atoms with Crippen LogP contribution in [0.15, 0.2) is 73.3 Å². The zero-order valence-electron chi connectivity index (χ0n) is 37.6. The Hall–Kier alpha value is -5.30. The fourth-order valence-corrected chi connectivity index (χ4v) is 8.06. The molecule has 6 atom stereocenters. The Morgan fingerprint density at radius 3 is 1.21 bits per heavy atom. The molecule has 4 aromatic rings. The van der Waals surface area contributed by atoms with E-state index in [1.54, 1.807) is 24.8 Å². The van der Waals surface area contributed by atoms with Crippen LogP contribution < -0.4 is 9.47 Å². The molecule has 0 saturated carbocycles. The Labute approximate surface area is 373 Å². The molecule has 2 fully saturated rings.